The third kappa shape index (κ3) is 6.67. The molecule has 0 saturated carbocycles. The number of benzene rings is 11. The Balaban J connectivity index is 0.912. The number of hydrogen-bond acceptors (Lipinski definition) is 5. The minimum Gasteiger partial charge on any atom is -0.278 e. The molecule has 0 spiro atoms. The van der Waals surface area contributed by atoms with Gasteiger partial charge in [-0.3, -0.25) is 23.1 Å². The summed E-state index contributed by atoms with van der Waals surface area (Å²) in [5.41, 5.74) is 8.60. The molecule has 0 unspecified atom stereocenters. The fourth-order valence-corrected chi connectivity index (χ4v) is 11.4. The smallest absolute Gasteiger partial charge is 0.266 e. The van der Waals surface area contributed by atoms with Crippen LogP contribution in [-0.4, -0.2) is 28.5 Å². The van der Waals surface area contributed by atoms with Gasteiger partial charge in [0.25, 0.3) is 11.1 Å². The predicted octanol–water partition coefficient (Wildman–Crippen LogP) is 15.2. The van der Waals surface area contributed by atoms with E-state index in [0.29, 0.717) is 45.2 Å². The molecule has 0 bridgehead atoms. The van der Waals surface area contributed by atoms with E-state index in [1.165, 1.54) is 26.9 Å². The highest BCUT2D eigenvalue weighted by Crippen LogP contribution is 2.39. The molecule has 0 saturated heterocycles. The van der Waals surface area contributed by atoms with Crippen molar-refractivity contribution in [2.45, 2.75) is 0 Å². The molecule has 75 heavy (non-hydrogen) atoms. The van der Waals surface area contributed by atoms with E-state index in [1.54, 1.807) is 8.97 Å². The van der Waals surface area contributed by atoms with Crippen LogP contribution in [0.15, 0.2) is 252 Å². The highest BCUT2D eigenvalue weighted by molar-refractivity contribution is 6.25. The van der Waals surface area contributed by atoms with Crippen molar-refractivity contribution in [2.75, 3.05) is 0 Å². The lowest BCUT2D eigenvalue weighted by Gasteiger charge is -2.17. The molecule has 0 amide bonds. The van der Waals surface area contributed by atoms with Crippen LogP contribution in [0.2, 0.25) is 0 Å². The zero-order chi connectivity index (χ0) is 49.7. The average Bonchev–Trinajstić information content (AvgIpc) is 3.83. The van der Waals surface area contributed by atoms with E-state index >= 15 is 4.79 Å². The van der Waals surface area contributed by atoms with Crippen molar-refractivity contribution in [1.29, 1.82) is 0 Å². The Morgan fingerprint density at radius 1 is 0.280 bits per heavy atom. The van der Waals surface area contributed by atoms with Crippen LogP contribution in [0.1, 0.15) is 0 Å². The Kier molecular flexibility index (Phi) is 9.40. The zero-order valence-electron chi connectivity index (χ0n) is 40.1. The van der Waals surface area contributed by atoms with Crippen LogP contribution >= 0.6 is 0 Å². The van der Waals surface area contributed by atoms with Gasteiger partial charge in [-0.2, -0.15) is 9.97 Å². The van der Waals surface area contributed by atoms with Crippen LogP contribution < -0.4 is 11.1 Å². The summed E-state index contributed by atoms with van der Waals surface area (Å²) in [6.45, 7) is 0. The Hall–Kier alpha value is -10.3. The summed E-state index contributed by atoms with van der Waals surface area (Å²) in [7, 11) is 0. The van der Waals surface area contributed by atoms with Crippen molar-refractivity contribution >= 4 is 81.4 Å². The van der Waals surface area contributed by atoms with Gasteiger partial charge in [0.15, 0.2) is 11.6 Å². The summed E-state index contributed by atoms with van der Waals surface area (Å²) >= 11 is 0. The fraction of sp³-hybridized carbons (Fsp3) is 0. The van der Waals surface area contributed by atoms with Crippen molar-refractivity contribution in [3.8, 4) is 56.7 Å². The second-order valence-electron chi connectivity index (χ2n) is 19.1. The first kappa shape index (κ1) is 42.4. The average molecular weight is 961 g/mol. The molecule has 0 fully saturated rings. The second-order valence-corrected chi connectivity index (χ2v) is 19.1. The quantitative estimate of drug-likeness (QED) is 0.122. The van der Waals surface area contributed by atoms with Crippen LogP contribution in [0.3, 0.4) is 0 Å². The molecule has 11 aromatic carbocycles. The highest BCUT2D eigenvalue weighted by atomic mass is 16.1. The summed E-state index contributed by atoms with van der Waals surface area (Å²) in [6, 6.07) is 81.8. The monoisotopic (exact) mass is 960 g/mol. The topological polar surface area (TPSA) is 87.1 Å². The summed E-state index contributed by atoms with van der Waals surface area (Å²) in [6.07, 6.45) is 0. The summed E-state index contributed by atoms with van der Waals surface area (Å²) in [4.78, 5) is 45.5. The summed E-state index contributed by atoms with van der Waals surface area (Å²) in [5, 5.41) is 10.9. The van der Waals surface area contributed by atoms with E-state index in [1.807, 2.05) is 133 Å². The largest absolute Gasteiger partial charge is 0.278 e. The van der Waals surface area contributed by atoms with Crippen LogP contribution in [0.25, 0.3) is 138 Å². The SMILES string of the molecule is O=c1c2cc(-c3ccc4c(c3)c3ccccc3n4-c3nc(-c4ccccc4)nc(-c4ccccc4)n3)ccc2n2c(=O)c3ccccc3cc2n1-c1cccc(-c2ccc3c4ccccc4c4ccccc4c3c2)c1. The Bertz CT molecular complexity index is 4910. The third-order valence-electron chi connectivity index (χ3n) is 14.9. The van der Waals surface area contributed by atoms with Gasteiger partial charge in [0.1, 0.15) is 5.65 Å². The Labute approximate surface area is 428 Å². The van der Waals surface area contributed by atoms with Crippen LogP contribution in [0.4, 0.5) is 0 Å². The molecule has 8 nitrogen and oxygen atoms in total. The van der Waals surface area contributed by atoms with Gasteiger partial charge in [0.2, 0.25) is 5.95 Å². The molecule has 8 heteroatoms. The first-order valence-corrected chi connectivity index (χ1v) is 25.0. The van der Waals surface area contributed by atoms with Crippen molar-refractivity contribution in [1.82, 2.24) is 28.5 Å². The Morgan fingerprint density at radius 3 is 1.43 bits per heavy atom. The molecule has 0 N–H and O–H groups in total. The van der Waals surface area contributed by atoms with E-state index in [9.17, 15) is 4.79 Å². The normalized spacial score (nSPS) is 11.8. The molecule has 4 aromatic heterocycles. The lowest BCUT2D eigenvalue weighted by molar-refractivity contribution is 0.953. The van der Waals surface area contributed by atoms with Gasteiger partial charge in [-0.25, -0.2) is 4.98 Å². The zero-order valence-corrected chi connectivity index (χ0v) is 40.1. The van der Waals surface area contributed by atoms with Gasteiger partial charge in [0.05, 0.1) is 27.6 Å². The maximum atomic E-state index is 15.5. The van der Waals surface area contributed by atoms with E-state index in [4.69, 9.17) is 15.0 Å². The maximum Gasteiger partial charge on any atom is 0.266 e. The van der Waals surface area contributed by atoms with Gasteiger partial charge >= 0.3 is 0 Å². The van der Waals surface area contributed by atoms with Crippen LogP contribution in [0, 0.1) is 0 Å². The molecule has 15 rings (SSSR count). The van der Waals surface area contributed by atoms with Gasteiger partial charge in [-0.15, -0.1) is 0 Å². The molecule has 4 heterocycles. The molecular formula is C67H40N6O2. The van der Waals surface area contributed by atoms with Gasteiger partial charge in [-0.1, -0.05) is 182 Å². The number of hydrogen-bond donors (Lipinski definition) is 0. The standard InChI is InChI=1S/C67H40N6O2/c74-65-49-23-8-7-20-47(49)40-62-71(48-22-15-21-43(36-48)44-30-33-54-52-26-10-9-24-50(52)51-25-11-12-27-53(51)56(54)37-44)66(75)58-39-46(32-35-61(58)73(62)65)45-31-34-60-57(38-45)55-28-13-14-29-59(55)72(60)67-69-63(41-16-3-1-4-17-41)68-64(70-67)42-18-5-2-6-19-42/h1-40H. The predicted molar refractivity (Wildman–Crippen MR) is 306 cm³/mol. The van der Waals surface area contributed by atoms with E-state index in [-0.39, 0.29) is 11.1 Å². The maximum absolute atomic E-state index is 15.5. The molecule has 0 aliphatic rings. The molecular weight excluding hydrogens is 921 g/mol. The molecule has 0 atom stereocenters. The third-order valence-corrected chi connectivity index (χ3v) is 14.9. The first-order valence-electron chi connectivity index (χ1n) is 25.0. The van der Waals surface area contributed by atoms with E-state index < -0.39 is 0 Å². The van der Waals surface area contributed by atoms with Gasteiger partial charge in [-0.05, 0) is 121 Å². The number of para-hydroxylation sites is 1. The number of fused-ring (bicyclic) bond motifs is 13. The van der Waals surface area contributed by atoms with Crippen molar-refractivity contribution in [3.63, 3.8) is 0 Å². The number of rotatable bonds is 6. The minimum absolute atomic E-state index is 0.196. The first-order chi connectivity index (χ1) is 37.0. The van der Waals surface area contributed by atoms with Gasteiger partial charge < -0.3 is 0 Å². The van der Waals surface area contributed by atoms with Gasteiger partial charge in [0, 0.05) is 27.3 Å². The number of pyridine rings is 1. The second kappa shape index (κ2) is 16.6. The number of nitrogens with zero attached hydrogens (tertiary/aromatic N) is 6. The fourth-order valence-electron chi connectivity index (χ4n) is 11.4. The molecule has 0 radical (unpaired) electrons. The molecule has 350 valence electrons. The number of aromatic nitrogens is 6. The van der Waals surface area contributed by atoms with Crippen molar-refractivity contribution < 1.29 is 0 Å². The van der Waals surface area contributed by atoms with E-state index in [0.717, 1.165) is 66.0 Å². The molecule has 0 aliphatic carbocycles. The Morgan fingerprint density at radius 2 is 0.760 bits per heavy atom. The van der Waals surface area contributed by atoms with Crippen molar-refractivity contribution in [3.05, 3.63) is 263 Å². The molecule has 15 aromatic rings. The summed E-state index contributed by atoms with van der Waals surface area (Å²) in [5.74, 6) is 1.66. The van der Waals surface area contributed by atoms with Crippen LogP contribution in [-0.2, 0) is 0 Å². The molecule has 0 aliphatic heterocycles. The van der Waals surface area contributed by atoms with E-state index in [2.05, 4.69) is 114 Å². The lowest BCUT2D eigenvalue weighted by atomic mass is 9.92. The lowest BCUT2D eigenvalue weighted by Crippen LogP contribution is -2.27. The van der Waals surface area contributed by atoms with Crippen LogP contribution in [0.5, 0.6) is 0 Å². The van der Waals surface area contributed by atoms with Crippen molar-refractivity contribution in [2.24, 2.45) is 0 Å². The minimum atomic E-state index is -0.231. The summed E-state index contributed by atoms with van der Waals surface area (Å²) < 4.78 is 5.50. The highest BCUT2D eigenvalue weighted by Gasteiger charge is 2.21.